The Bertz CT molecular complexity index is 266. The Kier molecular flexibility index (Phi) is 17.4. The van der Waals surface area contributed by atoms with Gasteiger partial charge in [-0.05, 0) is 27.7 Å². The van der Waals surface area contributed by atoms with E-state index in [0.717, 1.165) is 0 Å². The molecular formula is C8H24N2O7P2. The second-order valence-corrected chi connectivity index (χ2v) is 5.00. The third kappa shape index (κ3) is 31.8. The van der Waals surface area contributed by atoms with Gasteiger partial charge in [-0.3, -0.25) is 9.13 Å². The highest BCUT2D eigenvalue weighted by molar-refractivity contribution is 7.31. The molecule has 0 aromatic heterocycles. The minimum absolute atomic E-state index is 0.00463. The van der Waals surface area contributed by atoms with Crippen molar-refractivity contribution in [1.82, 2.24) is 10.2 Å². The lowest BCUT2D eigenvalue weighted by molar-refractivity contribution is 0.195. The molecule has 0 saturated carbocycles. The molecule has 0 spiro atoms. The van der Waals surface area contributed by atoms with Crippen LogP contribution in [0.5, 0.6) is 0 Å². The average Bonchev–Trinajstić information content (AvgIpc) is 2.13. The Labute approximate surface area is 114 Å². The minimum atomic E-state index is -3.13. The summed E-state index contributed by atoms with van der Waals surface area (Å²) in [7, 11) is -4.47. The molecule has 0 heterocycles. The lowest BCUT2D eigenvalue weighted by Gasteiger charge is -2.23. The van der Waals surface area contributed by atoms with Gasteiger partial charge >= 0.3 is 22.5 Å². The van der Waals surface area contributed by atoms with Crippen LogP contribution in [-0.4, -0.2) is 49.6 Å². The first-order valence-corrected chi connectivity index (χ1v) is 7.89. The monoisotopic (exact) mass is 322 g/mol. The smallest absolute Gasteiger partial charge is 0.317 e. The lowest BCUT2D eigenvalue weighted by Crippen LogP contribution is -2.43. The summed E-state index contributed by atoms with van der Waals surface area (Å²) in [4.78, 5) is 41.5. The molecule has 0 atom stereocenters. The van der Waals surface area contributed by atoms with Gasteiger partial charge in [-0.25, -0.2) is 4.79 Å². The molecule has 0 aliphatic heterocycles. The van der Waals surface area contributed by atoms with Crippen LogP contribution in [0.15, 0.2) is 0 Å². The maximum Gasteiger partial charge on any atom is 0.317 e. The molecule has 0 aliphatic carbocycles. The number of amides is 2. The van der Waals surface area contributed by atoms with Gasteiger partial charge in [0.15, 0.2) is 0 Å². The van der Waals surface area contributed by atoms with E-state index in [1.807, 2.05) is 27.7 Å². The van der Waals surface area contributed by atoms with Crippen LogP contribution in [0.25, 0.3) is 0 Å². The first-order valence-electron chi connectivity index (χ1n) is 5.28. The van der Waals surface area contributed by atoms with E-state index >= 15 is 0 Å². The van der Waals surface area contributed by atoms with Gasteiger partial charge in [0.2, 0.25) is 0 Å². The first-order chi connectivity index (χ1) is 8.41. The maximum absolute atomic E-state index is 11.2. The minimum Gasteiger partial charge on any atom is -0.336 e. The zero-order valence-corrected chi connectivity index (χ0v) is 13.6. The molecule has 0 saturated heterocycles. The molecule has 0 aliphatic rings. The highest BCUT2D eigenvalue weighted by atomic mass is 31.1. The zero-order chi connectivity index (χ0) is 16.2. The number of hydrogen-bond donors (Lipinski definition) is 5. The van der Waals surface area contributed by atoms with Crippen molar-refractivity contribution >= 4 is 22.5 Å². The number of rotatable bonds is 2. The van der Waals surface area contributed by atoms with E-state index in [1.54, 1.807) is 11.9 Å². The van der Waals surface area contributed by atoms with Crippen molar-refractivity contribution in [3.05, 3.63) is 0 Å². The fourth-order valence-electron chi connectivity index (χ4n) is 0.583. The largest absolute Gasteiger partial charge is 0.336 e. The van der Waals surface area contributed by atoms with E-state index in [-0.39, 0.29) is 18.1 Å². The molecule has 118 valence electrons. The SMILES string of the molecule is CC(C)NC(=O)N(C)C(C)C.O=[PH](O)O.O=[PH](O)O. The van der Waals surface area contributed by atoms with Crippen molar-refractivity contribution in [2.24, 2.45) is 0 Å². The van der Waals surface area contributed by atoms with Gasteiger partial charge < -0.3 is 29.8 Å². The molecule has 0 rings (SSSR count). The molecule has 0 aromatic rings. The third-order valence-electron chi connectivity index (χ3n) is 1.51. The summed E-state index contributed by atoms with van der Waals surface area (Å²) >= 11 is 0. The summed E-state index contributed by atoms with van der Waals surface area (Å²) in [6.45, 7) is 7.87. The van der Waals surface area contributed by atoms with E-state index in [9.17, 15) is 4.79 Å². The molecule has 0 aromatic carbocycles. The normalized spacial score (nSPS) is 9.74. The van der Waals surface area contributed by atoms with Crippen molar-refractivity contribution in [2.75, 3.05) is 7.05 Å². The van der Waals surface area contributed by atoms with Gasteiger partial charge in [-0.1, -0.05) is 0 Å². The molecule has 0 unspecified atom stereocenters. The Hall–Kier alpha value is -0.430. The fourth-order valence-corrected chi connectivity index (χ4v) is 0.583. The third-order valence-corrected chi connectivity index (χ3v) is 1.51. The van der Waals surface area contributed by atoms with Gasteiger partial charge in [0.25, 0.3) is 0 Å². The van der Waals surface area contributed by atoms with Crippen LogP contribution in [0.1, 0.15) is 27.7 Å². The molecule has 9 nitrogen and oxygen atoms in total. The molecule has 0 fully saturated rings. The van der Waals surface area contributed by atoms with E-state index < -0.39 is 16.5 Å². The summed E-state index contributed by atoms with van der Waals surface area (Å²) in [6, 6.07) is 0.465. The molecular weight excluding hydrogens is 298 g/mol. The molecule has 0 radical (unpaired) electrons. The predicted molar refractivity (Wildman–Crippen MR) is 73.4 cm³/mol. The van der Waals surface area contributed by atoms with Crippen LogP contribution in [0.3, 0.4) is 0 Å². The van der Waals surface area contributed by atoms with Crippen molar-refractivity contribution in [1.29, 1.82) is 0 Å². The Balaban J connectivity index is -0.000000264. The Morgan fingerprint density at radius 1 is 1.00 bits per heavy atom. The van der Waals surface area contributed by atoms with Crippen LogP contribution in [0.4, 0.5) is 4.79 Å². The summed E-state index contributed by atoms with van der Waals surface area (Å²) in [6.07, 6.45) is 0. The topological polar surface area (TPSA) is 147 Å². The first kappa shape index (κ1) is 23.6. The second-order valence-electron chi connectivity index (χ2n) is 3.87. The van der Waals surface area contributed by atoms with Crippen LogP contribution in [0.2, 0.25) is 0 Å². The molecule has 5 N–H and O–H groups in total. The van der Waals surface area contributed by atoms with Crippen molar-refractivity contribution < 1.29 is 33.5 Å². The molecule has 19 heavy (non-hydrogen) atoms. The average molecular weight is 322 g/mol. The molecule has 2 amide bonds. The number of carbonyl (C=O) groups is 1. The van der Waals surface area contributed by atoms with Crippen LogP contribution < -0.4 is 5.32 Å². The van der Waals surface area contributed by atoms with Gasteiger partial charge in [0, 0.05) is 19.1 Å². The van der Waals surface area contributed by atoms with Crippen LogP contribution >= 0.6 is 16.5 Å². The molecule has 11 heteroatoms. The van der Waals surface area contributed by atoms with E-state index in [0.29, 0.717) is 0 Å². The predicted octanol–water partition coefficient (Wildman–Crippen LogP) is 0.166. The van der Waals surface area contributed by atoms with E-state index in [1.165, 1.54) is 0 Å². The maximum atomic E-state index is 11.2. The van der Waals surface area contributed by atoms with Crippen molar-refractivity contribution in [3.63, 3.8) is 0 Å². The standard InChI is InChI=1S/C8H18N2O.2H3O3P/c1-6(2)9-8(11)10(5)7(3)4;2*1-4(2)3/h6-7H,1-5H3,(H,9,11);2*4H,(H2,1,2,3). The van der Waals surface area contributed by atoms with E-state index in [4.69, 9.17) is 28.7 Å². The number of urea groups is 1. The van der Waals surface area contributed by atoms with Crippen molar-refractivity contribution in [3.8, 4) is 0 Å². The number of carbonyl (C=O) groups excluding carboxylic acids is 1. The summed E-state index contributed by atoms with van der Waals surface area (Å²) in [5, 5.41) is 2.81. The number of nitrogens with zero attached hydrogens (tertiary/aromatic N) is 1. The number of hydrogen-bond acceptors (Lipinski definition) is 3. The quantitative estimate of drug-likeness (QED) is 0.455. The van der Waals surface area contributed by atoms with Gasteiger partial charge in [0.1, 0.15) is 0 Å². The summed E-state index contributed by atoms with van der Waals surface area (Å²) in [5.74, 6) is 0. The lowest BCUT2D eigenvalue weighted by atomic mass is 10.3. The highest BCUT2D eigenvalue weighted by Crippen LogP contribution is 1.99. The highest BCUT2D eigenvalue weighted by Gasteiger charge is 2.11. The second kappa shape index (κ2) is 14.0. The summed E-state index contributed by atoms with van der Waals surface area (Å²) in [5.41, 5.74) is 0. The Morgan fingerprint density at radius 3 is 1.42 bits per heavy atom. The van der Waals surface area contributed by atoms with Gasteiger partial charge in [-0.2, -0.15) is 0 Å². The summed E-state index contributed by atoms with van der Waals surface area (Å²) < 4.78 is 17.5. The van der Waals surface area contributed by atoms with E-state index in [2.05, 4.69) is 5.32 Å². The van der Waals surface area contributed by atoms with Crippen molar-refractivity contribution in [2.45, 2.75) is 39.8 Å². The van der Waals surface area contributed by atoms with Gasteiger partial charge in [-0.15, -0.1) is 0 Å². The zero-order valence-electron chi connectivity index (χ0n) is 11.6. The fraction of sp³-hybridized carbons (Fsp3) is 0.875. The number of nitrogens with one attached hydrogen (secondary N) is 1. The van der Waals surface area contributed by atoms with Crippen LogP contribution in [-0.2, 0) is 9.13 Å². The van der Waals surface area contributed by atoms with Gasteiger partial charge in [0.05, 0.1) is 0 Å². The Morgan fingerprint density at radius 2 is 1.26 bits per heavy atom. The molecule has 0 bridgehead atoms. The van der Waals surface area contributed by atoms with Crippen LogP contribution in [0, 0.1) is 0 Å².